The van der Waals surface area contributed by atoms with Gasteiger partial charge in [0.25, 0.3) is 0 Å². The lowest BCUT2D eigenvalue weighted by atomic mass is 9.91. The molecule has 0 aliphatic carbocycles. The van der Waals surface area contributed by atoms with E-state index < -0.39 is 0 Å². The topological polar surface area (TPSA) is 0 Å². The summed E-state index contributed by atoms with van der Waals surface area (Å²) in [7, 11) is 0. The van der Waals surface area contributed by atoms with Crippen LogP contribution in [0, 0.1) is 27.7 Å². The second kappa shape index (κ2) is 4.63. The van der Waals surface area contributed by atoms with E-state index in [0.29, 0.717) is 0 Å². The zero-order valence-electron chi connectivity index (χ0n) is 10.2. The van der Waals surface area contributed by atoms with Crippen molar-refractivity contribution < 1.29 is 0 Å². The Kier molecular flexibility index (Phi) is 3.74. The second-order valence-electron chi connectivity index (χ2n) is 4.34. The lowest BCUT2D eigenvalue weighted by molar-refractivity contribution is 0.785. The van der Waals surface area contributed by atoms with Gasteiger partial charge in [-0.15, -0.1) is 0 Å². The third kappa shape index (κ3) is 2.17. The molecule has 1 rings (SSSR count). The standard InChI is InChI=1S/C14H22/c1-6-7-8-14-11(3)9-10(2)12(4)13(14)5/h9H,6-8H2,1-5H3. The number of benzene rings is 1. The van der Waals surface area contributed by atoms with Gasteiger partial charge in [0.15, 0.2) is 0 Å². The summed E-state index contributed by atoms with van der Waals surface area (Å²) in [6.07, 6.45) is 3.84. The summed E-state index contributed by atoms with van der Waals surface area (Å²) in [5, 5.41) is 0. The number of rotatable bonds is 3. The van der Waals surface area contributed by atoms with Crippen molar-refractivity contribution in [1.29, 1.82) is 0 Å². The highest BCUT2D eigenvalue weighted by atomic mass is 14.1. The molecule has 0 aliphatic heterocycles. The Hall–Kier alpha value is -0.780. The molecule has 1 aromatic rings. The molecular formula is C14H22. The molecule has 1 aromatic carbocycles. The Bertz CT molecular complexity index is 321. The maximum Gasteiger partial charge on any atom is -0.0274 e. The fourth-order valence-corrected chi connectivity index (χ4v) is 2.08. The molecule has 0 aliphatic rings. The third-order valence-electron chi connectivity index (χ3n) is 3.30. The maximum atomic E-state index is 2.33. The van der Waals surface area contributed by atoms with Gasteiger partial charge in [0.1, 0.15) is 0 Å². The van der Waals surface area contributed by atoms with Gasteiger partial charge in [-0.05, 0) is 68.4 Å². The first-order valence-corrected chi connectivity index (χ1v) is 5.64. The minimum absolute atomic E-state index is 1.25. The predicted octanol–water partition coefficient (Wildman–Crippen LogP) is 4.26. The molecule has 78 valence electrons. The first kappa shape index (κ1) is 11.3. The van der Waals surface area contributed by atoms with Crippen molar-refractivity contribution in [2.24, 2.45) is 0 Å². The Labute approximate surface area is 88.4 Å². The molecule has 0 fully saturated rings. The van der Waals surface area contributed by atoms with Crippen molar-refractivity contribution in [1.82, 2.24) is 0 Å². The van der Waals surface area contributed by atoms with Crippen LogP contribution in [0.1, 0.15) is 47.6 Å². The summed E-state index contributed by atoms with van der Waals surface area (Å²) in [6, 6.07) is 2.33. The van der Waals surface area contributed by atoms with E-state index in [1.807, 2.05) is 0 Å². The van der Waals surface area contributed by atoms with E-state index in [1.165, 1.54) is 41.5 Å². The van der Waals surface area contributed by atoms with Crippen molar-refractivity contribution in [2.75, 3.05) is 0 Å². The molecule has 14 heavy (non-hydrogen) atoms. The molecule has 0 aromatic heterocycles. The summed E-state index contributed by atoms with van der Waals surface area (Å²) in [6.45, 7) is 11.2. The molecule has 0 heterocycles. The van der Waals surface area contributed by atoms with Crippen LogP contribution in [0.25, 0.3) is 0 Å². The van der Waals surface area contributed by atoms with Crippen molar-refractivity contribution in [3.05, 3.63) is 33.9 Å². The molecule has 0 N–H and O–H groups in total. The minimum Gasteiger partial charge on any atom is -0.0654 e. The zero-order valence-corrected chi connectivity index (χ0v) is 10.2. The molecule has 0 saturated carbocycles. The van der Waals surface area contributed by atoms with Crippen molar-refractivity contribution >= 4 is 0 Å². The second-order valence-corrected chi connectivity index (χ2v) is 4.34. The van der Waals surface area contributed by atoms with Crippen LogP contribution in [0.5, 0.6) is 0 Å². The van der Waals surface area contributed by atoms with Gasteiger partial charge in [-0.1, -0.05) is 19.4 Å². The summed E-state index contributed by atoms with van der Waals surface area (Å²) >= 11 is 0. The van der Waals surface area contributed by atoms with Crippen LogP contribution in [0.4, 0.5) is 0 Å². The van der Waals surface area contributed by atoms with Crippen LogP contribution in [-0.2, 0) is 6.42 Å². The average molecular weight is 190 g/mol. The van der Waals surface area contributed by atoms with E-state index in [2.05, 4.69) is 40.7 Å². The summed E-state index contributed by atoms with van der Waals surface area (Å²) in [4.78, 5) is 0. The fourth-order valence-electron chi connectivity index (χ4n) is 2.08. The maximum absolute atomic E-state index is 2.33. The van der Waals surface area contributed by atoms with Crippen molar-refractivity contribution in [3.63, 3.8) is 0 Å². The summed E-state index contributed by atoms with van der Waals surface area (Å²) < 4.78 is 0. The molecule has 0 saturated heterocycles. The van der Waals surface area contributed by atoms with E-state index in [-0.39, 0.29) is 0 Å². The third-order valence-corrected chi connectivity index (χ3v) is 3.30. The van der Waals surface area contributed by atoms with E-state index in [4.69, 9.17) is 0 Å². The van der Waals surface area contributed by atoms with Crippen LogP contribution in [0.2, 0.25) is 0 Å². The Balaban J connectivity index is 3.09. The molecule has 0 radical (unpaired) electrons. The number of aryl methyl sites for hydroxylation is 2. The van der Waals surface area contributed by atoms with Gasteiger partial charge in [-0.2, -0.15) is 0 Å². The first-order chi connectivity index (χ1) is 6.57. The quantitative estimate of drug-likeness (QED) is 0.668. The molecule has 0 heteroatoms. The number of unbranched alkanes of at least 4 members (excludes halogenated alkanes) is 1. The average Bonchev–Trinajstić information content (AvgIpc) is 2.14. The van der Waals surface area contributed by atoms with Gasteiger partial charge >= 0.3 is 0 Å². The normalized spacial score (nSPS) is 10.6. The molecular weight excluding hydrogens is 168 g/mol. The van der Waals surface area contributed by atoms with Crippen LogP contribution < -0.4 is 0 Å². The highest BCUT2D eigenvalue weighted by Gasteiger charge is 2.06. The highest BCUT2D eigenvalue weighted by molar-refractivity contribution is 5.43. The van der Waals surface area contributed by atoms with Crippen molar-refractivity contribution in [3.8, 4) is 0 Å². The van der Waals surface area contributed by atoms with Gasteiger partial charge in [-0.25, -0.2) is 0 Å². The lowest BCUT2D eigenvalue weighted by Crippen LogP contribution is -1.98. The SMILES string of the molecule is CCCCc1c(C)cc(C)c(C)c1C. The van der Waals surface area contributed by atoms with Crippen molar-refractivity contribution in [2.45, 2.75) is 53.9 Å². The minimum atomic E-state index is 1.25. The van der Waals surface area contributed by atoms with Gasteiger partial charge in [-0.3, -0.25) is 0 Å². The van der Waals surface area contributed by atoms with E-state index >= 15 is 0 Å². The van der Waals surface area contributed by atoms with Crippen LogP contribution >= 0.6 is 0 Å². The molecule has 0 unspecified atom stereocenters. The molecule has 0 spiro atoms. The van der Waals surface area contributed by atoms with Gasteiger partial charge in [0.05, 0.1) is 0 Å². The van der Waals surface area contributed by atoms with Gasteiger partial charge in [0.2, 0.25) is 0 Å². The zero-order chi connectivity index (χ0) is 10.7. The van der Waals surface area contributed by atoms with Crippen LogP contribution in [0.3, 0.4) is 0 Å². The summed E-state index contributed by atoms with van der Waals surface area (Å²) in [5.41, 5.74) is 7.46. The Morgan fingerprint density at radius 2 is 1.57 bits per heavy atom. The van der Waals surface area contributed by atoms with E-state index in [0.717, 1.165) is 0 Å². The summed E-state index contributed by atoms with van der Waals surface area (Å²) in [5.74, 6) is 0. The Morgan fingerprint density at radius 1 is 0.929 bits per heavy atom. The molecule has 0 amide bonds. The molecule has 0 atom stereocenters. The van der Waals surface area contributed by atoms with E-state index in [9.17, 15) is 0 Å². The molecule has 0 bridgehead atoms. The number of hydrogen-bond acceptors (Lipinski definition) is 0. The lowest BCUT2D eigenvalue weighted by Gasteiger charge is -2.14. The predicted molar refractivity (Wildman–Crippen MR) is 64.0 cm³/mol. The first-order valence-electron chi connectivity index (χ1n) is 5.64. The smallest absolute Gasteiger partial charge is 0.0274 e. The van der Waals surface area contributed by atoms with E-state index in [1.54, 1.807) is 5.56 Å². The highest BCUT2D eigenvalue weighted by Crippen LogP contribution is 2.22. The molecule has 0 nitrogen and oxygen atoms in total. The van der Waals surface area contributed by atoms with Gasteiger partial charge < -0.3 is 0 Å². The Morgan fingerprint density at radius 3 is 2.14 bits per heavy atom. The van der Waals surface area contributed by atoms with Gasteiger partial charge in [0, 0.05) is 0 Å². The monoisotopic (exact) mass is 190 g/mol. The van der Waals surface area contributed by atoms with Crippen LogP contribution in [0.15, 0.2) is 6.07 Å². The van der Waals surface area contributed by atoms with Crippen LogP contribution in [-0.4, -0.2) is 0 Å². The fraction of sp³-hybridized carbons (Fsp3) is 0.571. The largest absolute Gasteiger partial charge is 0.0654 e. The number of hydrogen-bond donors (Lipinski definition) is 0.